The summed E-state index contributed by atoms with van der Waals surface area (Å²) in [6.45, 7) is -0.466. The quantitative estimate of drug-likeness (QED) is 0.576. The highest BCUT2D eigenvalue weighted by Crippen LogP contribution is 2.28. The molecule has 0 radical (unpaired) electrons. The molecule has 26 heavy (non-hydrogen) atoms. The number of carboxylic acids is 1. The Balaban J connectivity index is 1.83. The summed E-state index contributed by atoms with van der Waals surface area (Å²) in [4.78, 5) is 35.2. The molecule has 0 spiro atoms. The zero-order chi connectivity index (χ0) is 18.7. The van der Waals surface area contributed by atoms with Crippen molar-refractivity contribution in [2.45, 2.75) is 0 Å². The monoisotopic (exact) mass is 416 g/mol. The van der Waals surface area contributed by atoms with Gasteiger partial charge < -0.3 is 9.84 Å². The Hall–Kier alpha value is -3.13. The van der Waals surface area contributed by atoms with Crippen molar-refractivity contribution in [3.63, 3.8) is 0 Å². The van der Waals surface area contributed by atoms with Crippen LogP contribution in [0.15, 0.2) is 58.6 Å². The molecular formula is C18H13BrN2O5. The van der Waals surface area contributed by atoms with E-state index in [1.807, 2.05) is 6.07 Å². The highest BCUT2D eigenvalue weighted by molar-refractivity contribution is 9.10. The first-order valence-corrected chi connectivity index (χ1v) is 8.31. The van der Waals surface area contributed by atoms with Gasteiger partial charge in [0.05, 0.1) is 10.2 Å². The predicted octanol–water partition coefficient (Wildman–Crippen LogP) is 2.37. The Morgan fingerprint density at radius 2 is 1.92 bits per heavy atom. The zero-order valence-corrected chi connectivity index (χ0v) is 14.9. The third-order valence-corrected chi connectivity index (χ3v) is 4.14. The number of carbonyl (C=O) groups excluding carboxylic acids is 2. The van der Waals surface area contributed by atoms with Crippen LogP contribution in [0.4, 0.5) is 5.69 Å². The second-order valence-corrected chi connectivity index (χ2v) is 6.20. The number of carboxylic acid groups (broad SMARTS) is 1. The van der Waals surface area contributed by atoms with E-state index in [2.05, 4.69) is 21.4 Å². The molecule has 0 aliphatic carbocycles. The van der Waals surface area contributed by atoms with Gasteiger partial charge >= 0.3 is 5.97 Å². The highest BCUT2D eigenvalue weighted by Gasteiger charge is 2.34. The number of para-hydroxylation sites is 1. The highest BCUT2D eigenvalue weighted by atomic mass is 79.9. The van der Waals surface area contributed by atoms with Crippen LogP contribution in [0.1, 0.15) is 5.56 Å². The Labute approximate surface area is 157 Å². The lowest BCUT2D eigenvalue weighted by Gasteiger charge is -2.13. The summed E-state index contributed by atoms with van der Waals surface area (Å²) in [7, 11) is 0. The number of hydrazine groups is 1. The van der Waals surface area contributed by atoms with Crippen molar-refractivity contribution in [3.05, 3.63) is 64.1 Å². The number of nitrogens with one attached hydrogen (secondary N) is 1. The number of anilines is 1. The van der Waals surface area contributed by atoms with Crippen LogP contribution in [-0.4, -0.2) is 29.5 Å². The summed E-state index contributed by atoms with van der Waals surface area (Å²) in [5.74, 6) is -1.69. The Kier molecular flexibility index (Phi) is 5.04. The van der Waals surface area contributed by atoms with Gasteiger partial charge in [0.2, 0.25) is 0 Å². The molecule has 0 saturated carbocycles. The van der Waals surface area contributed by atoms with Crippen LogP contribution in [0.3, 0.4) is 0 Å². The lowest BCUT2D eigenvalue weighted by Crippen LogP contribution is -2.35. The summed E-state index contributed by atoms with van der Waals surface area (Å²) < 4.78 is 5.63. The summed E-state index contributed by atoms with van der Waals surface area (Å²) >= 11 is 3.28. The van der Waals surface area contributed by atoms with Crippen LogP contribution in [0.5, 0.6) is 5.75 Å². The number of rotatable bonds is 5. The van der Waals surface area contributed by atoms with Gasteiger partial charge in [0.1, 0.15) is 11.3 Å². The average Bonchev–Trinajstić information content (AvgIpc) is 2.90. The second kappa shape index (κ2) is 7.40. The molecular weight excluding hydrogens is 404 g/mol. The molecule has 2 N–H and O–H groups in total. The topological polar surface area (TPSA) is 95.9 Å². The maximum absolute atomic E-state index is 12.5. The Bertz CT molecular complexity index is 911. The maximum Gasteiger partial charge on any atom is 0.341 e. The molecule has 1 aliphatic rings. The average molecular weight is 417 g/mol. The molecule has 7 nitrogen and oxygen atoms in total. The van der Waals surface area contributed by atoms with E-state index in [0.29, 0.717) is 21.5 Å². The van der Waals surface area contributed by atoms with Gasteiger partial charge in [0.25, 0.3) is 11.8 Å². The molecule has 0 unspecified atom stereocenters. The molecule has 1 heterocycles. The minimum absolute atomic E-state index is 0.0000394. The van der Waals surface area contributed by atoms with Crippen LogP contribution >= 0.6 is 15.9 Å². The van der Waals surface area contributed by atoms with Gasteiger partial charge in [-0.25, -0.2) is 9.80 Å². The number of carbonyl (C=O) groups is 3. The van der Waals surface area contributed by atoms with Gasteiger partial charge in [0, 0.05) is 0 Å². The molecule has 0 aromatic heterocycles. The molecule has 1 aliphatic heterocycles. The molecule has 0 bridgehead atoms. The normalized spacial score (nSPS) is 15.3. The number of ether oxygens (including phenoxy) is 1. The fourth-order valence-electron chi connectivity index (χ4n) is 2.35. The minimum atomic E-state index is -1.09. The molecule has 1 fully saturated rings. The fourth-order valence-corrected chi connectivity index (χ4v) is 2.86. The third kappa shape index (κ3) is 3.75. The largest absolute Gasteiger partial charge is 0.481 e. The number of benzene rings is 2. The number of amides is 2. The van der Waals surface area contributed by atoms with Crippen molar-refractivity contribution < 1.29 is 24.2 Å². The van der Waals surface area contributed by atoms with Crippen molar-refractivity contribution in [3.8, 4) is 5.75 Å². The van der Waals surface area contributed by atoms with E-state index in [4.69, 9.17) is 9.84 Å². The van der Waals surface area contributed by atoms with Crippen molar-refractivity contribution in [2.24, 2.45) is 0 Å². The molecule has 1 saturated heterocycles. The minimum Gasteiger partial charge on any atom is -0.481 e. The summed E-state index contributed by atoms with van der Waals surface area (Å²) in [5, 5.41) is 9.84. The number of hydrogen-bond acceptors (Lipinski definition) is 4. The SMILES string of the molecule is O=C(O)COc1ccc(/C=C2/C(=O)NN(c3ccccc3)C2=O)cc1Br. The van der Waals surface area contributed by atoms with Crippen LogP contribution in [0.25, 0.3) is 6.08 Å². The molecule has 2 aromatic carbocycles. The molecule has 132 valence electrons. The molecule has 8 heteroatoms. The number of aliphatic carboxylic acids is 1. The molecule has 2 aromatic rings. The summed E-state index contributed by atoms with van der Waals surface area (Å²) in [5.41, 5.74) is 3.68. The Morgan fingerprint density at radius 3 is 2.58 bits per heavy atom. The first-order chi connectivity index (χ1) is 12.5. The number of hydrogen-bond donors (Lipinski definition) is 2. The molecule has 3 rings (SSSR count). The van der Waals surface area contributed by atoms with Gasteiger partial charge in [-0.3, -0.25) is 15.0 Å². The van der Waals surface area contributed by atoms with Crippen LogP contribution < -0.4 is 15.2 Å². The standard InChI is InChI=1S/C18H13BrN2O5/c19-14-9-11(6-7-15(14)26-10-16(22)23)8-13-17(24)20-21(18(13)25)12-4-2-1-3-5-12/h1-9H,10H2,(H,20,24)(H,22,23)/b13-8-. The number of nitrogens with zero attached hydrogens (tertiary/aromatic N) is 1. The van der Waals surface area contributed by atoms with Crippen LogP contribution in [0, 0.1) is 0 Å². The van der Waals surface area contributed by atoms with Gasteiger partial charge in [0.15, 0.2) is 6.61 Å². The maximum atomic E-state index is 12.5. The first-order valence-electron chi connectivity index (χ1n) is 7.52. The van der Waals surface area contributed by atoms with Crippen molar-refractivity contribution in [1.82, 2.24) is 5.43 Å². The van der Waals surface area contributed by atoms with Crippen molar-refractivity contribution >= 4 is 45.5 Å². The van der Waals surface area contributed by atoms with E-state index in [1.165, 1.54) is 11.1 Å². The fraction of sp³-hybridized carbons (Fsp3) is 0.0556. The molecule has 0 atom stereocenters. The third-order valence-electron chi connectivity index (χ3n) is 3.52. The van der Waals surface area contributed by atoms with Gasteiger partial charge in [-0.15, -0.1) is 0 Å². The van der Waals surface area contributed by atoms with Crippen molar-refractivity contribution in [2.75, 3.05) is 11.6 Å². The van der Waals surface area contributed by atoms with E-state index in [1.54, 1.807) is 42.5 Å². The lowest BCUT2D eigenvalue weighted by atomic mass is 10.1. The number of halogens is 1. The van der Waals surface area contributed by atoms with Crippen LogP contribution in [0.2, 0.25) is 0 Å². The van der Waals surface area contributed by atoms with Gasteiger partial charge in [-0.05, 0) is 51.8 Å². The van der Waals surface area contributed by atoms with Crippen molar-refractivity contribution in [1.29, 1.82) is 0 Å². The first kappa shape index (κ1) is 17.7. The van der Waals surface area contributed by atoms with E-state index in [9.17, 15) is 14.4 Å². The predicted molar refractivity (Wildman–Crippen MR) is 97.3 cm³/mol. The van der Waals surface area contributed by atoms with Gasteiger partial charge in [-0.2, -0.15) is 0 Å². The second-order valence-electron chi connectivity index (χ2n) is 5.35. The summed E-state index contributed by atoms with van der Waals surface area (Å²) in [6.07, 6.45) is 1.46. The molecule has 2 amide bonds. The van der Waals surface area contributed by atoms with Crippen LogP contribution in [-0.2, 0) is 14.4 Å². The Morgan fingerprint density at radius 1 is 1.19 bits per heavy atom. The zero-order valence-electron chi connectivity index (χ0n) is 13.3. The lowest BCUT2D eigenvalue weighted by molar-refractivity contribution is -0.139. The van der Waals surface area contributed by atoms with E-state index in [-0.39, 0.29) is 5.57 Å². The smallest absolute Gasteiger partial charge is 0.341 e. The van der Waals surface area contributed by atoms with E-state index >= 15 is 0 Å². The van der Waals surface area contributed by atoms with E-state index < -0.39 is 24.4 Å². The van der Waals surface area contributed by atoms with E-state index in [0.717, 1.165) is 0 Å². The summed E-state index contributed by atoms with van der Waals surface area (Å²) in [6, 6.07) is 13.6. The van der Waals surface area contributed by atoms with Gasteiger partial charge in [-0.1, -0.05) is 24.3 Å².